The SMILES string of the molecule is CCOCCSc1nnc(CN)n1CC. The van der Waals surface area contributed by atoms with Crippen LogP contribution in [0.3, 0.4) is 0 Å². The zero-order valence-corrected chi connectivity index (χ0v) is 10.1. The highest BCUT2D eigenvalue weighted by Gasteiger charge is 2.08. The Balaban J connectivity index is 2.49. The van der Waals surface area contributed by atoms with Crippen molar-refractivity contribution in [3.8, 4) is 0 Å². The lowest BCUT2D eigenvalue weighted by atomic mass is 10.6. The minimum Gasteiger partial charge on any atom is -0.381 e. The minimum atomic E-state index is 0.437. The Hall–Kier alpha value is -0.590. The smallest absolute Gasteiger partial charge is 0.191 e. The van der Waals surface area contributed by atoms with Crippen LogP contribution in [-0.4, -0.2) is 33.7 Å². The maximum absolute atomic E-state index is 5.56. The van der Waals surface area contributed by atoms with E-state index in [1.807, 2.05) is 11.5 Å². The van der Waals surface area contributed by atoms with Crippen LogP contribution in [-0.2, 0) is 17.8 Å². The third-order valence-electron chi connectivity index (χ3n) is 1.96. The predicted molar refractivity (Wildman–Crippen MR) is 60.8 cm³/mol. The first kappa shape index (κ1) is 12.5. The second kappa shape index (κ2) is 6.81. The Labute approximate surface area is 94.4 Å². The van der Waals surface area contributed by atoms with Gasteiger partial charge in [-0.05, 0) is 13.8 Å². The van der Waals surface area contributed by atoms with Gasteiger partial charge in [-0.1, -0.05) is 11.8 Å². The van der Waals surface area contributed by atoms with Crippen molar-refractivity contribution in [1.82, 2.24) is 14.8 Å². The minimum absolute atomic E-state index is 0.437. The van der Waals surface area contributed by atoms with Crippen LogP contribution in [0, 0.1) is 0 Å². The van der Waals surface area contributed by atoms with Crippen LogP contribution >= 0.6 is 11.8 Å². The lowest BCUT2D eigenvalue weighted by Crippen LogP contribution is -2.08. The molecule has 0 aliphatic carbocycles. The highest BCUT2D eigenvalue weighted by molar-refractivity contribution is 7.99. The molecule has 0 unspecified atom stereocenters. The first-order valence-corrected chi connectivity index (χ1v) is 6.14. The fourth-order valence-corrected chi connectivity index (χ4v) is 2.10. The van der Waals surface area contributed by atoms with Gasteiger partial charge in [0.1, 0.15) is 5.82 Å². The summed E-state index contributed by atoms with van der Waals surface area (Å²) in [6.45, 7) is 6.86. The Morgan fingerprint density at radius 1 is 1.40 bits per heavy atom. The quantitative estimate of drug-likeness (QED) is 0.556. The predicted octanol–water partition coefficient (Wildman–Crippen LogP) is 0.885. The number of rotatable bonds is 7. The van der Waals surface area contributed by atoms with E-state index in [1.165, 1.54) is 0 Å². The first-order chi connectivity index (χ1) is 7.33. The molecule has 1 aromatic rings. The number of hydrogen-bond donors (Lipinski definition) is 1. The lowest BCUT2D eigenvalue weighted by molar-refractivity contribution is 0.164. The summed E-state index contributed by atoms with van der Waals surface area (Å²) in [6, 6.07) is 0. The van der Waals surface area contributed by atoms with Gasteiger partial charge in [-0.2, -0.15) is 0 Å². The number of thioether (sulfide) groups is 1. The molecule has 2 N–H and O–H groups in total. The Kier molecular flexibility index (Phi) is 5.67. The molecule has 0 atom stereocenters. The Morgan fingerprint density at radius 3 is 2.80 bits per heavy atom. The van der Waals surface area contributed by atoms with Crippen molar-refractivity contribution in [2.45, 2.75) is 32.1 Å². The average Bonchev–Trinajstić information content (AvgIpc) is 2.66. The van der Waals surface area contributed by atoms with Crippen molar-refractivity contribution in [2.75, 3.05) is 19.0 Å². The molecular formula is C9H18N4OS. The van der Waals surface area contributed by atoms with Gasteiger partial charge in [0.05, 0.1) is 13.2 Å². The largest absolute Gasteiger partial charge is 0.381 e. The zero-order valence-electron chi connectivity index (χ0n) is 9.27. The molecule has 0 bridgehead atoms. The molecule has 0 aromatic carbocycles. The highest BCUT2D eigenvalue weighted by atomic mass is 32.2. The summed E-state index contributed by atoms with van der Waals surface area (Å²) >= 11 is 1.66. The molecule has 86 valence electrons. The normalized spacial score (nSPS) is 10.9. The molecular weight excluding hydrogens is 212 g/mol. The van der Waals surface area contributed by atoms with Crippen molar-refractivity contribution >= 4 is 11.8 Å². The van der Waals surface area contributed by atoms with E-state index in [9.17, 15) is 0 Å². The van der Waals surface area contributed by atoms with Crippen molar-refractivity contribution in [1.29, 1.82) is 0 Å². The van der Waals surface area contributed by atoms with Crippen molar-refractivity contribution < 1.29 is 4.74 Å². The van der Waals surface area contributed by atoms with Crippen molar-refractivity contribution in [3.63, 3.8) is 0 Å². The number of nitrogens with zero attached hydrogens (tertiary/aromatic N) is 3. The van der Waals surface area contributed by atoms with Gasteiger partial charge in [0.25, 0.3) is 0 Å². The van der Waals surface area contributed by atoms with E-state index in [1.54, 1.807) is 11.8 Å². The highest BCUT2D eigenvalue weighted by Crippen LogP contribution is 2.16. The van der Waals surface area contributed by atoms with Gasteiger partial charge in [0, 0.05) is 18.9 Å². The summed E-state index contributed by atoms with van der Waals surface area (Å²) in [4.78, 5) is 0. The summed E-state index contributed by atoms with van der Waals surface area (Å²) in [5.74, 6) is 1.74. The van der Waals surface area contributed by atoms with Gasteiger partial charge in [0.15, 0.2) is 5.16 Å². The number of aromatic nitrogens is 3. The molecule has 0 saturated heterocycles. The van der Waals surface area contributed by atoms with E-state index >= 15 is 0 Å². The fraction of sp³-hybridized carbons (Fsp3) is 0.778. The molecule has 0 spiro atoms. The molecule has 0 saturated carbocycles. The zero-order chi connectivity index (χ0) is 11.1. The molecule has 0 aliphatic heterocycles. The molecule has 15 heavy (non-hydrogen) atoms. The van der Waals surface area contributed by atoms with Gasteiger partial charge in [-0.3, -0.25) is 0 Å². The van der Waals surface area contributed by atoms with Crippen LogP contribution in [0.5, 0.6) is 0 Å². The molecule has 0 fully saturated rings. The monoisotopic (exact) mass is 230 g/mol. The van der Waals surface area contributed by atoms with E-state index in [-0.39, 0.29) is 0 Å². The number of ether oxygens (including phenoxy) is 1. The Morgan fingerprint density at radius 2 is 2.20 bits per heavy atom. The van der Waals surface area contributed by atoms with Gasteiger partial charge < -0.3 is 15.0 Å². The van der Waals surface area contributed by atoms with Crippen LogP contribution in [0.4, 0.5) is 0 Å². The maximum atomic E-state index is 5.56. The summed E-state index contributed by atoms with van der Waals surface area (Å²) in [7, 11) is 0. The summed E-state index contributed by atoms with van der Waals surface area (Å²) in [5, 5.41) is 9.05. The van der Waals surface area contributed by atoms with Crippen LogP contribution in [0.15, 0.2) is 5.16 Å². The van der Waals surface area contributed by atoms with Crippen molar-refractivity contribution in [3.05, 3.63) is 5.82 Å². The van der Waals surface area contributed by atoms with Gasteiger partial charge in [-0.15, -0.1) is 10.2 Å². The lowest BCUT2D eigenvalue weighted by Gasteiger charge is -2.05. The molecule has 1 rings (SSSR count). The van der Waals surface area contributed by atoms with Crippen LogP contribution < -0.4 is 5.73 Å². The molecule has 0 amide bonds. The molecule has 5 nitrogen and oxygen atoms in total. The van der Waals surface area contributed by atoms with Crippen LogP contribution in [0.25, 0.3) is 0 Å². The first-order valence-electron chi connectivity index (χ1n) is 5.16. The molecule has 0 aliphatic rings. The van der Waals surface area contributed by atoms with E-state index in [0.717, 1.165) is 36.5 Å². The molecule has 6 heteroatoms. The van der Waals surface area contributed by atoms with E-state index in [2.05, 4.69) is 17.1 Å². The van der Waals surface area contributed by atoms with Gasteiger partial charge >= 0.3 is 0 Å². The fourth-order valence-electron chi connectivity index (χ4n) is 1.23. The topological polar surface area (TPSA) is 66.0 Å². The van der Waals surface area contributed by atoms with Crippen LogP contribution in [0.1, 0.15) is 19.7 Å². The standard InChI is InChI=1S/C9H18N4OS/c1-3-13-8(7-10)11-12-9(13)15-6-5-14-4-2/h3-7,10H2,1-2H3. The van der Waals surface area contributed by atoms with Crippen LogP contribution in [0.2, 0.25) is 0 Å². The third kappa shape index (κ3) is 3.48. The maximum Gasteiger partial charge on any atom is 0.191 e. The summed E-state index contributed by atoms with van der Waals surface area (Å²) in [5.41, 5.74) is 5.56. The Bertz CT molecular complexity index is 290. The second-order valence-corrected chi connectivity index (χ2v) is 3.95. The second-order valence-electron chi connectivity index (χ2n) is 2.89. The van der Waals surface area contributed by atoms with Gasteiger partial charge in [-0.25, -0.2) is 0 Å². The van der Waals surface area contributed by atoms with Crippen molar-refractivity contribution in [2.24, 2.45) is 5.73 Å². The number of nitrogens with two attached hydrogens (primary N) is 1. The van der Waals surface area contributed by atoms with E-state index in [4.69, 9.17) is 10.5 Å². The summed E-state index contributed by atoms with van der Waals surface area (Å²) < 4.78 is 7.30. The average molecular weight is 230 g/mol. The van der Waals surface area contributed by atoms with E-state index in [0.29, 0.717) is 6.54 Å². The van der Waals surface area contributed by atoms with E-state index < -0.39 is 0 Å². The molecule has 0 radical (unpaired) electrons. The summed E-state index contributed by atoms with van der Waals surface area (Å²) in [6.07, 6.45) is 0. The third-order valence-corrected chi connectivity index (χ3v) is 2.89. The number of hydrogen-bond acceptors (Lipinski definition) is 5. The molecule has 1 heterocycles. The van der Waals surface area contributed by atoms with Gasteiger partial charge in [0.2, 0.25) is 0 Å². The molecule has 1 aromatic heterocycles.